The van der Waals surface area contributed by atoms with Crippen LogP contribution in [0.4, 0.5) is 0 Å². The van der Waals surface area contributed by atoms with Crippen LogP contribution in [0.25, 0.3) is 0 Å². The summed E-state index contributed by atoms with van der Waals surface area (Å²) in [7, 11) is 0. The highest BCUT2D eigenvalue weighted by atomic mass is 32.2. The molecule has 2 rings (SSSR count). The predicted octanol–water partition coefficient (Wildman–Crippen LogP) is 0.698. The summed E-state index contributed by atoms with van der Waals surface area (Å²) in [5, 5.41) is 0. The predicted molar refractivity (Wildman–Crippen MR) is 48.0 cm³/mol. The van der Waals surface area contributed by atoms with Crippen LogP contribution < -0.4 is 0 Å². The van der Waals surface area contributed by atoms with Crippen LogP contribution in [0.15, 0.2) is 0 Å². The highest BCUT2D eigenvalue weighted by molar-refractivity contribution is 7.99. The van der Waals surface area contributed by atoms with Crippen LogP contribution in [0.5, 0.6) is 0 Å². The number of carbonyl (C=O) groups is 1. The first-order valence-corrected chi connectivity index (χ1v) is 5.51. The molecule has 68 valence electrons. The molecule has 1 amide bonds. The summed E-state index contributed by atoms with van der Waals surface area (Å²) < 4.78 is 5.33. The Bertz CT molecular complexity index is 156. The highest BCUT2D eigenvalue weighted by Gasteiger charge is 2.29. The molecule has 3 nitrogen and oxygen atoms in total. The Labute approximate surface area is 76.4 Å². The van der Waals surface area contributed by atoms with E-state index in [2.05, 4.69) is 0 Å². The number of thioether (sulfide) groups is 1. The molecule has 2 saturated heterocycles. The molecule has 0 N–H and O–H groups in total. The maximum Gasteiger partial charge on any atom is 0.252 e. The number of carbonyl (C=O) groups excluding carboxylic acids is 1. The molecular weight excluding hydrogens is 174 g/mol. The SMILES string of the molecule is O=C([C@H]1CCCO1)N1CCSC1. The summed E-state index contributed by atoms with van der Waals surface area (Å²) in [6, 6.07) is 0. The lowest BCUT2D eigenvalue weighted by Gasteiger charge is -2.18. The van der Waals surface area contributed by atoms with E-state index in [1.54, 1.807) is 0 Å². The Morgan fingerprint density at radius 3 is 3.08 bits per heavy atom. The summed E-state index contributed by atoms with van der Waals surface area (Å²) in [6.45, 7) is 1.67. The minimum atomic E-state index is -0.122. The summed E-state index contributed by atoms with van der Waals surface area (Å²) in [4.78, 5) is 13.5. The fourth-order valence-electron chi connectivity index (χ4n) is 1.56. The molecule has 4 heteroatoms. The van der Waals surface area contributed by atoms with Crippen molar-refractivity contribution in [1.82, 2.24) is 4.90 Å². The van der Waals surface area contributed by atoms with Crippen molar-refractivity contribution in [3.8, 4) is 0 Å². The average Bonchev–Trinajstić information content (AvgIpc) is 2.77. The number of hydrogen-bond acceptors (Lipinski definition) is 3. The first kappa shape index (κ1) is 8.38. The zero-order valence-corrected chi connectivity index (χ0v) is 7.81. The van der Waals surface area contributed by atoms with Crippen molar-refractivity contribution in [3.63, 3.8) is 0 Å². The van der Waals surface area contributed by atoms with Crippen LogP contribution in [-0.4, -0.2) is 41.7 Å². The van der Waals surface area contributed by atoms with Gasteiger partial charge >= 0.3 is 0 Å². The summed E-state index contributed by atoms with van der Waals surface area (Å²) in [6.07, 6.45) is 1.83. The van der Waals surface area contributed by atoms with E-state index in [-0.39, 0.29) is 12.0 Å². The van der Waals surface area contributed by atoms with Gasteiger partial charge in [0.25, 0.3) is 5.91 Å². The summed E-state index contributed by atoms with van der Waals surface area (Å²) >= 11 is 1.82. The minimum Gasteiger partial charge on any atom is -0.368 e. The van der Waals surface area contributed by atoms with Crippen LogP contribution in [0.1, 0.15) is 12.8 Å². The van der Waals surface area contributed by atoms with E-state index in [1.807, 2.05) is 16.7 Å². The number of ether oxygens (including phenoxy) is 1. The van der Waals surface area contributed by atoms with Gasteiger partial charge in [-0.2, -0.15) is 0 Å². The Hall–Kier alpha value is -0.220. The second kappa shape index (κ2) is 3.66. The molecule has 0 aliphatic carbocycles. The Kier molecular flexibility index (Phi) is 2.56. The second-order valence-electron chi connectivity index (χ2n) is 3.14. The van der Waals surface area contributed by atoms with E-state index in [0.29, 0.717) is 0 Å². The van der Waals surface area contributed by atoms with Gasteiger partial charge in [-0.1, -0.05) is 0 Å². The molecule has 0 aromatic carbocycles. The fourth-order valence-corrected chi connectivity index (χ4v) is 2.52. The van der Waals surface area contributed by atoms with Crippen molar-refractivity contribution >= 4 is 17.7 Å². The van der Waals surface area contributed by atoms with Gasteiger partial charge in [-0.15, -0.1) is 11.8 Å². The Morgan fingerprint density at radius 1 is 1.58 bits per heavy atom. The standard InChI is InChI=1S/C8H13NO2S/c10-8(7-2-1-4-11-7)9-3-5-12-6-9/h7H,1-6H2/t7-/m1/s1. The highest BCUT2D eigenvalue weighted by Crippen LogP contribution is 2.19. The lowest BCUT2D eigenvalue weighted by molar-refractivity contribution is -0.139. The van der Waals surface area contributed by atoms with E-state index in [0.717, 1.165) is 37.6 Å². The Morgan fingerprint density at radius 2 is 2.50 bits per heavy atom. The van der Waals surface area contributed by atoms with E-state index in [9.17, 15) is 4.79 Å². The quantitative estimate of drug-likeness (QED) is 0.605. The zero-order valence-electron chi connectivity index (χ0n) is 6.99. The van der Waals surface area contributed by atoms with Crippen molar-refractivity contribution in [2.24, 2.45) is 0 Å². The fraction of sp³-hybridized carbons (Fsp3) is 0.875. The largest absolute Gasteiger partial charge is 0.368 e. The van der Waals surface area contributed by atoms with E-state index >= 15 is 0 Å². The van der Waals surface area contributed by atoms with Gasteiger partial charge in [0.05, 0.1) is 5.88 Å². The number of hydrogen-bond donors (Lipinski definition) is 0. The molecule has 2 aliphatic heterocycles. The van der Waals surface area contributed by atoms with E-state index in [4.69, 9.17) is 4.74 Å². The van der Waals surface area contributed by atoms with Gasteiger partial charge in [0.15, 0.2) is 0 Å². The van der Waals surface area contributed by atoms with Gasteiger partial charge in [-0.3, -0.25) is 4.79 Å². The molecule has 0 bridgehead atoms. The normalized spacial score (nSPS) is 29.7. The van der Waals surface area contributed by atoms with Crippen LogP contribution in [0.3, 0.4) is 0 Å². The van der Waals surface area contributed by atoms with E-state index in [1.165, 1.54) is 0 Å². The van der Waals surface area contributed by atoms with Crippen LogP contribution in [0.2, 0.25) is 0 Å². The summed E-state index contributed by atoms with van der Waals surface area (Å²) in [5.74, 6) is 2.15. The van der Waals surface area contributed by atoms with E-state index < -0.39 is 0 Å². The number of nitrogens with zero attached hydrogens (tertiary/aromatic N) is 1. The molecule has 2 aliphatic rings. The first-order valence-electron chi connectivity index (χ1n) is 4.36. The van der Waals surface area contributed by atoms with Crippen molar-refractivity contribution < 1.29 is 9.53 Å². The van der Waals surface area contributed by atoms with Gasteiger partial charge in [0.1, 0.15) is 6.10 Å². The molecule has 2 heterocycles. The smallest absolute Gasteiger partial charge is 0.252 e. The molecule has 12 heavy (non-hydrogen) atoms. The average molecular weight is 187 g/mol. The number of rotatable bonds is 1. The third-order valence-corrected chi connectivity index (χ3v) is 3.23. The molecule has 0 unspecified atom stereocenters. The molecule has 0 aromatic rings. The lowest BCUT2D eigenvalue weighted by atomic mass is 10.2. The van der Waals surface area contributed by atoms with Gasteiger partial charge in [0, 0.05) is 18.9 Å². The number of amides is 1. The van der Waals surface area contributed by atoms with Gasteiger partial charge in [0.2, 0.25) is 0 Å². The Balaban J connectivity index is 1.89. The van der Waals surface area contributed by atoms with Gasteiger partial charge < -0.3 is 9.64 Å². The molecular formula is C8H13NO2S. The van der Waals surface area contributed by atoms with Crippen molar-refractivity contribution in [2.75, 3.05) is 24.8 Å². The topological polar surface area (TPSA) is 29.5 Å². The van der Waals surface area contributed by atoms with Crippen molar-refractivity contribution in [2.45, 2.75) is 18.9 Å². The molecule has 0 saturated carbocycles. The second-order valence-corrected chi connectivity index (χ2v) is 4.22. The molecule has 2 fully saturated rings. The third-order valence-electron chi connectivity index (χ3n) is 2.27. The van der Waals surface area contributed by atoms with Crippen LogP contribution >= 0.6 is 11.8 Å². The zero-order chi connectivity index (χ0) is 8.39. The van der Waals surface area contributed by atoms with Crippen LogP contribution in [0, 0.1) is 0 Å². The minimum absolute atomic E-state index is 0.122. The lowest BCUT2D eigenvalue weighted by Crippen LogP contribution is -2.36. The van der Waals surface area contributed by atoms with Gasteiger partial charge in [-0.05, 0) is 12.8 Å². The van der Waals surface area contributed by atoms with Crippen LogP contribution in [-0.2, 0) is 9.53 Å². The van der Waals surface area contributed by atoms with Gasteiger partial charge in [-0.25, -0.2) is 0 Å². The molecule has 0 radical (unpaired) electrons. The van der Waals surface area contributed by atoms with Crippen molar-refractivity contribution in [1.29, 1.82) is 0 Å². The molecule has 0 spiro atoms. The summed E-state index contributed by atoms with van der Waals surface area (Å²) in [5.41, 5.74) is 0. The van der Waals surface area contributed by atoms with Crippen molar-refractivity contribution in [3.05, 3.63) is 0 Å². The maximum absolute atomic E-state index is 11.6. The first-order chi connectivity index (χ1) is 5.88. The monoisotopic (exact) mass is 187 g/mol. The molecule has 0 aromatic heterocycles. The molecule has 1 atom stereocenters. The third kappa shape index (κ3) is 1.59. The maximum atomic E-state index is 11.6.